The molecule has 1 atom stereocenters. The van der Waals surface area contributed by atoms with Crippen molar-refractivity contribution in [3.05, 3.63) is 22.2 Å². The number of methoxy groups -OCH3 is 1. The molecule has 0 radical (unpaired) electrons. The summed E-state index contributed by atoms with van der Waals surface area (Å²) in [6, 6.07) is 3.34. The summed E-state index contributed by atoms with van der Waals surface area (Å²) in [4.78, 5) is 0. The molecule has 0 unspecified atom stereocenters. The third kappa shape index (κ3) is 2.01. The molecule has 4 heteroatoms. The summed E-state index contributed by atoms with van der Waals surface area (Å²) in [6.45, 7) is 1.97. The van der Waals surface area contributed by atoms with E-state index in [0.717, 1.165) is 10.9 Å². The third-order valence-electron chi connectivity index (χ3n) is 2.16. The molecular weight excluding hydrogens is 246 g/mol. The number of benzene rings is 1. The van der Waals surface area contributed by atoms with Gasteiger partial charge in [0.15, 0.2) is 11.5 Å². The van der Waals surface area contributed by atoms with Crippen molar-refractivity contribution in [3.8, 4) is 11.5 Å². The van der Waals surface area contributed by atoms with Gasteiger partial charge in [-0.1, -0.05) is 22.9 Å². The molecule has 3 N–H and O–H groups in total. The Balaban J connectivity index is 3.25. The van der Waals surface area contributed by atoms with Crippen molar-refractivity contribution in [1.29, 1.82) is 0 Å². The number of aromatic hydroxyl groups is 1. The maximum absolute atomic E-state index is 9.84. The van der Waals surface area contributed by atoms with Gasteiger partial charge in [-0.3, -0.25) is 0 Å². The highest BCUT2D eigenvalue weighted by molar-refractivity contribution is 9.10. The zero-order valence-corrected chi connectivity index (χ0v) is 9.84. The lowest BCUT2D eigenvalue weighted by molar-refractivity contribution is 0.368. The normalized spacial score (nSPS) is 12.6. The first-order valence-electron chi connectivity index (χ1n) is 4.42. The van der Waals surface area contributed by atoms with Gasteiger partial charge in [0, 0.05) is 16.1 Å². The van der Waals surface area contributed by atoms with Crippen LogP contribution in [-0.4, -0.2) is 12.2 Å². The smallest absolute Gasteiger partial charge is 0.163 e. The van der Waals surface area contributed by atoms with Crippen LogP contribution in [0.15, 0.2) is 16.6 Å². The predicted molar refractivity (Wildman–Crippen MR) is 59.6 cm³/mol. The van der Waals surface area contributed by atoms with Gasteiger partial charge in [-0.15, -0.1) is 0 Å². The number of ether oxygens (including phenoxy) is 1. The van der Waals surface area contributed by atoms with Crippen molar-refractivity contribution in [3.63, 3.8) is 0 Å². The second-order valence-corrected chi connectivity index (χ2v) is 3.88. The Morgan fingerprint density at radius 3 is 2.71 bits per heavy atom. The van der Waals surface area contributed by atoms with Gasteiger partial charge in [0.05, 0.1) is 7.11 Å². The summed E-state index contributed by atoms with van der Waals surface area (Å²) in [5, 5.41) is 9.84. The van der Waals surface area contributed by atoms with Gasteiger partial charge in [0.25, 0.3) is 0 Å². The van der Waals surface area contributed by atoms with Crippen molar-refractivity contribution in [2.45, 2.75) is 19.4 Å². The molecule has 3 nitrogen and oxygen atoms in total. The highest BCUT2D eigenvalue weighted by atomic mass is 79.9. The van der Waals surface area contributed by atoms with Crippen molar-refractivity contribution in [2.75, 3.05) is 7.11 Å². The molecule has 0 aliphatic rings. The minimum Gasteiger partial charge on any atom is -0.504 e. The van der Waals surface area contributed by atoms with E-state index < -0.39 is 0 Å². The second kappa shape index (κ2) is 4.66. The predicted octanol–water partition coefficient (Wildman–Crippen LogP) is 2.57. The van der Waals surface area contributed by atoms with E-state index >= 15 is 0 Å². The van der Waals surface area contributed by atoms with Gasteiger partial charge in [-0.25, -0.2) is 0 Å². The van der Waals surface area contributed by atoms with Crippen molar-refractivity contribution in [2.24, 2.45) is 5.73 Å². The lowest BCUT2D eigenvalue weighted by Gasteiger charge is -2.15. The molecule has 14 heavy (non-hydrogen) atoms. The minimum absolute atomic E-state index is 0.122. The van der Waals surface area contributed by atoms with E-state index in [1.807, 2.05) is 13.0 Å². The molecule has 0 saturated carbocycles. The van der Waals surface area contributed by atoms with Gasteiger partial charge >= 0.3 is 0 Å². The average molecular weight is 260 g/mol. The molecule has 0 amide bonds. The van der Waals surface area contributed by atoms with Crippen LogP contribution in [0.25, 0.3) is 0 Å². The van der Waals surface area contributed by atoms with E-state index in [9.17, 15) is 5.11 Å². The zero-order valence-electron chi connectivity index (χ0n) is 8.25. The number of rotatable bonds is 3. The maximum atomic E-state index is 9.84. The van der Waals surface area contributed by atoms with E-state index in [0.29, 0.717) is 11.3 Å². The Kier molecular flexibility index (Phi) is 3.77. The van der Waals surface area contributed by atoms with Crippen LogP contribution in [0.3, 0.4) is 0 Å². The van der Waals surface area contributed by atoms with Crippen LogP contribution in [0.5, 0.6) is 11.5 Å². The van der Waals surface area contributed by atoms with Crippen LogP contribution in [0.4, 0.5) is 0 Å². The Hall–Kier alpha value is -0.740. The fraction of sp³-hybridized carbons (Fsp3) is 0.400. The Morgan fingerprint density at radius 2 is 2.21 bits per heavy atom. The average Bonchev–Trinajstić information content (AvgIpc) is 2.18. The molecule has 0 aromatic heterocycles. The number of hydrogen-bond donors (Lipinski definition) is 2. The highest BCUT2D eigenvalue weighted by Gasteiger charge is 2.16. The summed E-state index contributed by atoms with van der Waals surface area (Å²) in [6.07, 6.45) is 0.763. The minimum atomic E-state index is -0.181. The standard InChI is InChI=1S/C10H14BrNO2/c1-3-7(12)9-6(11)4-5-8(14-2)10(9)13/h4-5,7,13H,3,12H2,1-2H3/t7-/m1/s1. The first-order valence-corrected chi connectivity index (χ1v) is 5.22. The number of phenols is 1. The first-order chi connectivity index (χ1) is 6.61. The Bertz CT molecular complexity index is 328. The van der Waals surface area contributed by atoms with E-state index in [4.69, 9.17) is 10.5 Å². The van der Waals surface area contributed by atoms with Crippen LogP contribution < -0.4 is 10.5 Å². The largest absolute Gasteiger partial charge is 0.504 e. The van der Waals surface area contributed by atoms with E-state index in [1.54, 1.807) is 6.07 Å². The first kappa shape index (κ1) is 11.3. The summed E-state index contributed by atoms with van der Waals surface area (Å²) >= 11 is 3.36. The number of halogens is 1. The van der Waals surface area contributed by atoms with Gasteiger partial charge in [0.1, 0.15) is 0 Å². The lowest BCUT2D eigenvalue weighted by atomic mass is 10.0. The van der Waals surface area contributed by atoms with Gasteiger partial charge in [-0.2, -0.15) is 0 Å². The van der Waals surface area contributed by atoms with Crippen LogP contribution in [0.1, 0.15) is 24.9 Å². The number of hydrogen-bond acceptors (Lipinski definition) is 3. The fourth-order valence-electron chi connectivity index (χ4n) is 1.28. The summed E-state index contributed by atoms with van der Waals surface area (Å²) in [5.74, 6) is 0.573. The van der Waals surface area contributed by atoms with E-state index in [2.05, 4.69) is 15.9 Å². The number of phenolic OH excluding ortho intramolecular Hbond substituents is 1. The topological polar surface area (TPSA) is 55.5 Å². The van der Waals surface area contributed by atoms with E-state index in [1.165, 1.54) is 7.11 Å². The summed E-state index contributed by atoms with van der Waals surface area (Å²) in [7, 11) is 1.52. The SMILES string of the molecule is CC[C@@H](N)c1c(Br)ccc(OC)c1O. The molecule has 0 bridgehead atoms. The van der Waals surface area contributed by atoms with Gasteiger partial charge in [0.2, 0.25) is 0 Å². The molecule has 0 heterocycles. The quantitative estimate of drug-likeness (QED) is 0.878. The Labute approximate surface area is 92.0 Å². The van der Waals surface area contributed by atoms with Crippen molar-refractivity contribution in [1.82, 2.24) is 0 Å². The second-order valence-electron chi connectivity index (χ2n) is 3.03. The maximum Gasteiger partial charge on any atom is 0.163 e. The molecular formula is C10H14BrNO2. The molecule has 0 saturated heterocycles. The third-order valence-corrected chi connectivity index (χ3v) is 2.85. The lowest BCUT2D eigenvalue weighted by Crippen LogP contribution is -2.10. The molecule has 0 fully saturated rings. The van der Waals surface area contributed by atoms with Gasteiger partial charge < -0.3 is 15.6 Å². The summed E-state index contributed by atoms with van der Waals surface area (Å²) in [5.41, 5.74) is 6.57. The fourth-order valence-corrected chi connectivity index (χ4v) is 1.90. The molecule has 0 spiro atoms. The monoisotopic (exact) mass is 259 g/mol. The molecule has 1 rings (SSSR count). The van der Waals surface area contributed by atoms with Crippen LogP contribution >= 0.6 is 15.9 Å². The van der Waals surface area contributed by atoms with Crippen molar-refractivity contribution < 1.29 is 9.84 Å². The Morgan fingerprint density at radius 1 is 1.57 bits per heavy atom. The molecule has 0 aliphatic carbocycles. The number of nitrogens with two attached hydrogens (primary N) is 1. The zero-order chi connectivity index (χ0) is 10.7. The van der Waals surface area contributed by atoms with Crippen LogP contribution in [0, 0.1) is 0 Å². The molecule has 1 aromatic rings. The van der Waals surface area contributed by atoms with Gasteiger partial charge in [-0.05, 0) is 18.6 Å². The molecule has 0 aliphatic heterocycles. The van der Waals surface area contributed by atoms with Crippen molar-refractivity contribution >= 4 is 15.9 Å². The highest BCUT2D eigenvalue weighted by Crippen LogP contribution is 2.38. The molecule has 78 valence electrons. The molecule has 1 aromatic carbocycles. The van der Waals surface area contributed by atoms with E-state index in [-0.39, 0.29) is 11.8 Å². The van der Waals surface area contributed by atoms with Crippen LogP contribution in [0.2, 0.25) is 0 Å². The van der Waals surface area contributed by atoms with Crippen LogP contribution in [-0.2, 0) is 0 Å². The summed E-state index contributed by atoms with van der Waals surface area (Å²) < 4.78 is 5.82.